The smallest absolute Gasteiger partial charge is 0.134 e. The lowest BCUT2D eigenvalue weighted by Crippen LogP contribution is -1.85. The Morgan fingerprint density at radius 3 is 2.80 bits per heavy atom. The van der Waals surface area contributed by atoms with Crippen LogP contribution in [-0.2, 0) is 5.88 Å². The zero-order valence-corrected chi connectivity index (χ0v) is 9.11. The number of benzene rings is 1. The van der Waals surface area contributed by atoms with Crippen LogP contribution in [0.2, 0.25) is 5.02 Å². The monoisotopic (exact) mass is 244 g/mol. The Hall–Kier alpha value is -1.06. The summed E-state index contributed by atoms with van der Waals surface area (Å²) in [6, 6.07) is 6.19. The van der Waals surface area contributed by atoms with Crippen LogP contribution in [0, 0.1) is 5.82 Å². The molecule has 0 radical (unpaired) electrons. The molecule has 0 fully saturated rings. The van der Waals surface area contributed by atoms with Crippen LogP contribution in [0.4, 0.5) is 4.39 Å². The molecule has 1 aromatic heterocycles. The first-order chi connectivity index (χ1) is 7.22. The lowest BCUT2D eigenvalue weighted by atomic mass is 10.1. The fraction of sp³-hybridized carbons (Fsp3) is 0.100. The first-order valence-corrected chi connectivity index (χ1v) is 5.18. The lowest BCUT2D eigenvalue weighted by molar-refractivity contribution is 0.630. The van der Waals surface area contributed by atoms with E-state index in [1.165, 1.54) is 6.07 Å². The van der Waals surface area contributed by atoms with Gasteiger partial charge in [-0.1, -0.05) is 17.7 Å². The van der Waals surface area contributed by atoms with Crippen molar-refractivity contribution in [1.29, 1.82) is 0 Å². The molecular weight excluding hydrogens is 238 g/mol. The molecule has 0 spiro atoms. The predicted molar refractivity (Wildman–Crippen MR) is 58.5 cm³/mol. The van der Waals surface area contributed by atoms with Crippen molar-refractivity contribution in [2.45, 2.75) is 5.88 Å². The second kappa shape index (κ2) is 4.21. The fourth-order valence-corrected chi connectivity index (χ4v) is 1.70. The summed E-state index contributed by atoms with van der Waals surface area (Å²) in [5, 5.41) is 6.98. The molecule has 0 bridgehead atoms. The van der Waals surface area contributed by atoms with Crippen LogP contribution in [0.1, 0.15) is 5.69 Å². The van der Waals surface area contributed by atoms with Crippen molar-refractivity contribution in [3.63, 3.8) is 0 Å². The molecule has 2 nitrogen and oxygen atoms in total. The van der Waals surface area contributed by atoms with E-state index in [1.807, 2.05) is 0 Å². The number of hydrogen-bond donors (Lipinski definition) is 1. The van der Waals surface area contributed by atoms with Crippen LogP contribution >= 0.6 is 23.2 Å². The number of aromatic nitrogens is 2. The van der Waals surface area contributed by atoms with Crippen LogP contribution < -0.4 is 0 Å². The summed E-state index contributed by atoms with van der Waals surface area (Å²) in [5.41, 5.74) is 1.49. The van der Waals surface area contributed by atoms with Gasteiger partial charge < -0.3 is 0 Å². The van der Waals surface area contributed by atoms with Gasteiger partial charge in [-0.25, -0.2) is 4.39 Å². The molecule has 2 rings (SSSR count). The summed E-state index contributed by atoms with van der Waals surface area (Å²) in [5.74, 6) is -0.0888. The number of aromatic amines is 1. The van der Waals surface area contributed by atoms with E-state index in [1.54, 1.807) is 18.2 Å². The maximum atomic E-state index is 13.5. The minimum atomic E-state index is -0.393. The second-order valence-corrected chi connectivity index (χ2v) is 3.68. The summed E-state index contributed by atoms with van der Waals surface area (Å²) in [4.78, 5) is 0. The first-order valence-electron chi connectivity index (χ1n) is 4.27. The average Bonchev–Trinajstić information content (AvgIpc) is 2.66. The summed E-state index contributed by atoms with van der Waals surface area (Å²) in [6.45, 7) is 0. The van der Waals surface area contributed by atoms with E-state index >= 15 is 0 Å². The van der Waals surface area contributed by atoms with E-state index in [9.17, 15) is 4.39 Å². The topological polar surface area (TPSA) is 28.7 Å². The van der Waals surface area contributed by atoms with Crippen molar-refractivity contribution in [2.75, 3.05) is 0 Å². The average molecular weight is 245 g/mol. The number of alkyl halides is 1. The van der Waals surface area contributed by atoms with Crippen LogP contribution in [0.5, 0.6) is 0 Å². The Morgan fingerprint density at radius 1 is 1.40 bits per heavy atom. The van der Waals surface area contributed by atoms with Gasteiger partial charge in [0.25, 0.3) is 0 Å². The maximum Gasteiger partial charge on any atom is 0.134 e. The molecule has 0 unspecified atom stereocenters. The Kier molecular flexibility index (Phi) is 2.93. The molecule has 2 aromatic rings. The Morgan fingerprint density at radius 2 is 2.20 bits per heavy atom. The summed E-state index contributed by atoms with van der Waals surface area (Å²) in [7, 11) is 0. The Labute approximate surface area is 96.0 Å². The van der Waals surface area contributed by atoms with Crippen molar-refractivity contribution < 1.29 is 4.39 Å². The van der Waals surface area contributed by atoms with Gasteiger partial charge in [-0.15, -0.1) is 11.6 Å². The van der Waals surface area contributed by atoms with Gasteiger partial charge in [0.2, 0.25) is 0 Å². The lowest BCUT2D eigenvalue weighted by Gasteiger charge is -2.00. The number of hydrogen-bond acceptors (Lipinski definition) is 1. The van der Waals surface area contributed by atoms with Gasteiger partial charge in [0.05, 0.1) is 27.9 Å². The highest BCUT2D eigenvalue weighted by molar-refractivity contribution is 6.33. The fourth-order valence-electron chi connectivity index (χ4n) is 1.30. The Balaban J connectivity index is 2.53. The molecule has 5 heteroatoms. The highest BCUT2D eigenvalue weighted by atomic mass is 35.5. The largest absolute Gasteiger partial charge is 0.281 e. The van der Waals surface area contributed by atoms with Crippen molar-refractivity contribution in [3.05, 3.63) is 40.8 Å². The molecule has 0 aliphatic heterocycles. The molecule has 1 N–H and O–H groups in total. The van der Waals surface area contributed by atoms with Crippen LogP contribution in [-0.4, -0.2) is 10.2 Å². The first kappa shape index (κ1) is 10.5. The molecule has 15 heavy (non-hydrogen) atoms. The third kappa shape index (κ3) is 1.98. The Bertz CT molecular complexity index is 462. The van der Waals surface area contributed by atoms with Crippen LogP contribution in [0.25, 0.3) is 11.3 Å². The minimum Gasteiger partial charge on any atom is -0.281 e. The number of halogens is 3. The predicted octanol–water partition coefficient (Wildman–Crippen LogP) is 3.61. The summed E-state index contributed by atoms with van der Waals surface area (Å²) < 4.78 is 13.5. The molecule has 0 saturated heterocycles. The quantitative estimate of drug-likeness (QED) is 0.804. The van der Waals surface area contributed by atoms with E-state index in [4.69, 9.17) is 23.2 Å². The summed E-state index contributed by atoms with van der Waals surface area (Å²) >= 11 is 11.5. The molecule has 0 amide bonds. The third-order valence-corrected chi connectivity index (χ3v) is 2.60. The van der Waals surface area contributed by atoms with Crippen molar-refractivity contribution >= 4 is 23.2 Å². The van der Waals surface area contributed by atoms with E-state index in [2.05, 4.69) is 10.2 Å². The van der Waals surface area contributed by atoms with Gasteiger partial charge in [-0.3, -0.25) is 5.10 Å². The zero-order valence-electron chi connectivity index (χ0n) is 7.60. The highest BCUT2D eigenvalue weighted by Gasteiger charge is 2.12. The number of rotatable bonds is 2. The molecule has 0 aliphatic rings. The molecule has 0 atom stereocenters. The molecule has 1 heterocycles. The standard InChI is InChI=1S/C10H7Cl2FN2/c11-5-6-4-9(15-14-6)10-7(12)2-1-3-8(10)13/h1-4H,5H2,(H,14,15). The molecular formula is C10H7Cl2FN2. The van der Waals surface area contributed by atoms with Gasteiger partial charge >= 0.3 is 0 Å². The SMILES string of the molecule is Fc1cccc(Cl)c1-c1cc(CCl)[nH]n1. The molecule has 1 aromatic carbocycles. The second-order valence-electron chi connectivity index (χ2n) is 3.01. The highest BCUT2D eigenvalue weighted by Crippen LogP contribution is 2.29. The third-order valence-electron chi connectivity index (χ3n) is 1.99. The van der Waals surface area contributed by atoms with Crippen LogP contribution in [0.3, 0.4) is 0 Å². The molecule has 78 valence electrons. The molecule has 0 saturated carbocycles. The van der Waals surface area contributed by atoms with Crippen molar-refractivity contribution in [3.8, 4) is 11.3 Å². The zero-order chi connectivity index (χ0) is 10.8. The van der Waals surface area contributed by atoms with Gasteiger partial charge in [-0.2, -0.15) is 5.10 Å². The van der Waals surface area contributed by atoms with E-state index in [-0.39, 0.29) is 0 Å². The number of nitrogens with one attached hydrogen (secondary N) is 1. The normalized spacial score (nSPS) is 10.6. The maximum absolute atomic E-state index is 13.5. The van der Waals surface area contributed by atoms with Gasteiger partial charge in [0.1, 0.15) is 5.82 Å². The minimum absolute atomic E-state index is 0.298. The van der Waals surface area contributed by atoms with Gasteiger partial charge in [-0.05, 0) is 18.2 Å². The van der Waals surface area contributed by atoms with E-state index in [0.717, 1.165) is 5.69 Å². The van der Waals surface area contributed by atoms with E-state index < -0.39 is 5.82 Å². The summed E-state index contributed by atoms with van der Waals surface area (Å²) in [6.07, 6.45) is 0. The van der Waals surface area contributed by atoms with Gasteiger partial charge in [0.15, 0.2) is 0 Å². The van der Waals surface area contributed by atoms with Gasteiger partial charge in [0, 0.05) is 0 Å². The number of H-pyrrole nitrogens is 1. The molecule has 0 aliphatic carbocycles. The van der Waals surface area contributed by atoms with Crippen molar-refractivity contribution in [1.82, 2.24) is 10.2 Å². The number of nitrogens with zero attached hydrogens (tertiary/aromatic N) is 1. The van der Waals surface area contributed by atoms with Crippen LogP contribution in [0.15, 0.2) is 24.3 Å². The van der Waals surface area contributed by atoms with Crippen molar-refractivity contribution in [2.24, 2.45) is 0 Å². The van der Waals surface area contributed by atoms with E-state index in [0.29, 0.717) is 22.2 Å².